The number of benzene rings is 1. The first-order valence-corrected chi connectivity index (χ1v) is 9.43. The molecule has 1 amide bonds. The molecule has 1 aromatic carbocycles. The van der Waals surface area contributed by atoms with Crippen LogP contribution in [0.4, 0.5) is 11.5 Å². The molecule has 0 radical (unpaired) electrons. The largest absolute Gasteiger partial charge is 0.361 e. The van der Waals surface area contributed by atoms with Crippen molar-refractivity contribution in [1.29, 1.82) is 0 Å². The number of carbonyl (C=O) groups is 1. The monoisotopic (exact) mass is 380 g/mol. The van der Waals surface area contributed by atoms with Crippen LogP contribution >= 0.6 is 11.3 Å². The number of carbonyl (C=O) groups excluding carboxylic acids is 1. The topological polar surface area (TPSA) is 85.9 Å². The number of amides is 1. The number of thiophene rings is 1. The zero-order valence-electron chi connectivity index (χ0n) is 15.1. The highest BCUT2D eigenvalue weighted by molar-refractivity contribution is 7.21. The minimum Gasteiger partial charge on any atom is -0.361 e. The van der Waals surface area contributed by atoms with Crippen LogP contribution < -0.4 is 10.6 Å². The summed E-state index contributed by atoms with van der Waals surface area (Å²) in [5.74, 6) is 0.617. The third-order valence-corrected chi connectivity index (χ3v) is 5.33. The standard InChI is InChI=1S/C19H20N6OS/c1-25(2)8-7-21-19(26)16-10-15-17(27-16)18(23-11-22-15)24-13-3-4-14-12(9-13)5-6-20-14/h3-6,9-11,20H,7-8H2,1-2H3,(H,21,26)(H,22,23,24). The van der Waals surface area contributed by atoms with Gasteiger partial charge in [-0.2, -0.15) is 0 Å². The number of aromatic nitrogens is 3. The third-order valence-electron chi connectivity index (χ3n) is 4.20. The van der Waals surface area contributed by atoms with Crippen molar-refractivity contribution in [2.75, 3.05) is 32.5 Å². The maximum atomic E-state index is 12.4. The predicted molar refractivity (Wildman–Crippen MR) is 110 cm³/mol. The molecule has 0 aliphatic carbocycles. The second-order valence-corrected chi connectivity index (χ2v) is 7.56. The van der Waals surface area contributed by atoms with Gasteiger partial charge in [0.25, 0.3) is 5.91 Å². The molecule has 0 aliphatic heterocycles. The highest BCUT2D eigenvalue weighted by atomic mass is 32.1. The smallest absolute Gasteiger partial charge is 0.261 e. The fourth-order valence-corrected chi connectivity index (χ4v) is 3.78. The molecular formula is C19H20N6OS. The molecule has 8 heteroatoms. The van der Waals surface area contributed by atoms with Gasteiger partial charge in [-0.05, 0) is 44.4 Å². The van der Waals surface area contributed by atoms with Gasteiger partial charge in [-0.25, -0.2) is 9.97 Å². The SMILES string of the molecule is CN(C)CCNC(=O)c1cc2ncnc(Nc3ccc4[nH]ccc4c3)c2s1. The van der Waals surface area contributed by atoms with E-state index in [1.165, 1.54) is 17.7 Å². The first kappa shape index (κ1) is 17.4. The summed E-state index contributed by atoms with van der Waals surface area (Å²) in [5, 5.41) is 7.40. The van der Waals surface area contributed by atoms with Crippen molar-refractivity contribution in [3.63, 3.8) is 0 Å². The number of fused-ring (bicyclic) bond motifs is 2. The summed E-state index contributed by atoms with van der Waals surface area (Å²) in [4.78, 5) is 26.9. The summed E-state index contributed by atoms with van der Waals surface area (Å²) in [7, 11) is 3.95. The highest BCUT2D eigenvalue weighted by Gasteiger charge is 2.14. The number of aromatic amines is 1. The van der Waals surface area contributed by atoms with Crippen LogP contribution in [0.3, 0.4) is 0 Å². The lowest BCUT2D eigenvalue weighted by Crippen LogP contribution is -2.30. The fraction of sp³-hybridized carbons (Fsp3) is 0.211. The van der Waals surface area contributed by atoms with Gasteiger partial charge in [0.15, 0.2) is 5.82 Å². The van der Waals surface area contributed by atoms with E-state index in [-0.39, 0.29) is 5.91 Å². The molecule has 4 aromatic rings. The minimum atomic E-state index is -0.0838. The van der Waals surface area contributed by atoms with Crippen molar-refractivity contribution in [3.8, 4) is 0 Å². The minimum absolute atomic E-state index is 0.0838. The number of likely N-dealkylation sites (N-methyl/N-ethyl adjacent to an activating group) is 1. The molecule has 0 unspecified atom stereocenters. The number of hydrogen-bond donors (Lipinski definition) is 3. The number of hydrogen-bond acceptors (Lipinski definition) is 6. The second kappa shape index (κ2) is 7.34. The summed E-state index contributed by atoms with van der Waals surface area (Å²) in [6, 6.07) is 9.91. The van der Waals surface area contributed by atoms with Crippen molar-refractivity contribution in [1.82, 2.24) is 25.2 Å². The molecule has 138 valence electrons. The van der Waals surface area contributed by atoms with Crippen LogP contribution in [0.5, 0.6) is 0 Å². The fourth-order valence-electron chi connectivity index (χ4n) is 2.80. The van der Waals surface area contributed by atoms with Gasteiger partial charge in [-0.15, -0.1) is 11.3 Å². The molecule has 27 heavy (non-hydrogen) atoms. The maximum absolute atomic E-state index is 12.4. The van der Waals surface area contributed by atoms with E-state index in [0.717, 1.165) is 33.4 Å². The van der Waals surface area contributed by atoms with Gasteiger partial charge >= 0.3 is 0 Å². The van der Waals surface area contributed by atoms with Crippen LogP contribution in [0.25, 0.3) is 21.1 Å². The van der Waals surface area contributed by atoms with Gasteiger partial charge in [-0.3, -0.25) is 4.79 Å². The Morgan fingerprint density at radius 1 is 1.22 bits per heavy atom. The van der Waals surface area contributed by atoms with Crippen LogP contribution in [0, 0.1) is 0 Å². The number of nitrogens with one attached hydrogen (secondary N) is 3. The predicted octanol–water partition coefficient (Wildman–Crippen LogP) is 3.21. The van der Waals surface area contributed by atoms with Crippen molar-refractivity contribution in [2.24, 2.45) is 0 Å². The lowest BCUT2D eigenvalue weighted by atomic mass is 10.2. The molecule has 0 atom stereocenters. The molecule has 0 saturated carbocycles. The first-order valence-electron chi connectivity index (χ1n) is 8.62. The Morgan fingerprint density at radius 2 is 2.11 bits per heavy atom. The Hall–Kier alpha value is -2.97. The van der Waals surface area contributed by atoms with E-state index in [2.05, 4.69) is 31.7 Å². The van der Waals surface area contributed by atoms with Gasteiger partial charge in [0.05, 0.1) is 15.1 Å². The van der Waals surface area contributed by atoms with Crippen LogP contribution in [0.2, 0.25) is 0 Å². The molecule has 0 fully saturated rings. The van der Waals surface area contributed by atoms with E-state index < -0.39 is 0 Å². The lowest BCUT2D eigenvalue weighted by Gasteiger charge is -2.09. The highest BCUT2D eigenvalue weighted by Crippen LogP contribution is 2.31. The molecule has 0 aliphatic rings. The summed E-state index contributed by atoms with van der Waals surface area (Å²) in [6.45, 7) is 1.40. The number of anilines is 2. The van der Waals surface area contributed by atoms with Crippen molar-refractivity contribution < 1.29 is 4.79 Å². The molecule has 0 spiro atoms. The Balaban J connectivity index is 1.58. The average molecular weight is 380 g/mol. The molecule has 0 saturated heterocycles. The van der Waals surface area contributed by atoms with Gasteiger partial charge in [0.2, 0.25) is 0 Å². The van der Waals surface area contributed by atoms with E-state index >= 15 is 0 Å². The molecule has 0 bridgehead atoms. The van der Waals surface area contributed by atoms with Gasteiger partial charge in [0, 0.05) is 35.9 Å². The van der Waals surface area contributed by atoms with Crippen LogP contribution in [0.1, 0.15) is 9.67 Å². The lowest BCUT2D eigenvalue weighted by molar-refractivity contribution is 0.0955. The summed E-state index contributed by atoms with van der Waals surface area (Å²) < 4.78 is 0.865. The van der Waals surface area contributed by atoms with E-state index in [9.17, 15) is 4.79 Å². The van der Waals surface area contributed by atoms with E-state index in [4.69, 9.17) is 0 Å². The van der Waals surface area contributed by atoms with Crippen LogP contribution in [-0.2, 0) is 0 Å². The molecular weight excluding hydrogens is 360 g/mol. The Bertz CT molecular complexity index is 1100. The Labute approximate surface area is 160 Å². The quantitative estimate of drug-likeness (QED) is 0.478. The van der Waals surface area contributed by atoms with E-state index in [1.54, 1.807) is 0 Å². The zero-order valence-corrected chi connectivity index (χ0v) is 15.9. The van der Waals surface area contributed by atoms with Gasteiger partial charge < -0.3 is 20.5 Å². The first-order chi connectivity index (χ1) is 13.1. The second-order valence-electron chi connectivity index (χ2n) is 6.51. The molecule has 3 aromatic heterocycles. The van der Waals surface area contributed by atoms with E-state index in [0.29, 0.717) is 17.2 Å². The van der Waals surface area contributed by atoms with Crippen molar-refractivity contribution in [2.45, 2.75) is 0 Å². The summed E-state index contributed by atoms with van der Waals surface area (Å²) in [6.07, 6.45) is 3.43. The summed E-state index contributed by atoms with van der Waals surface area (Å²) >= 11 is 1.40. The molecule has 7 nitrogen and oxygen atoms in total. The van der Waals surface area contributed by atoms with E-state index in [1.807, 2.05) is 49.5 Å². The number of rotatable bonds is 6. The van der Waals surface area contributed by atoms with Crippen LogP contribution in [-0.4, -0.2) is 52.9 Å². The third kappa shape index (κ3) is 3.76. The van der Waals surface area contributed by atoms with Gasteiger partial charge in [0.1, 0.15) is 6.33 Å². The zero-order chi connectivity index (χ0) is 18.8. The number of nitrogens with zero attached hydrogens (tertiary/aromatic N) is 3. The summed E-state index contributed by atoms with van der Waals surface area (Å²) in [5.41, 5.74) is 2.78. The van der Waals surface area contributed by atoms with Crippen molar-refractivity contribution in [3.05, 3.63) is 47.7 Å². The normalized spacial score (nSPS) is 11.4. The Morgan fingerprint density at radius 3 is 2.96 bits per heavy atom. The maximum Gasteiger partial charge on any atom is 0.261 e. The van der Waals surface area contributed by atoms with Crippen LogP contribution in [0.15, 0.2) is 42.9 Å². The average Bonchev–Trinajstić information content (AvgIpc) is 3.28. The molecule has 3 N–H and O–H groups in total. The molecule has 4 rings (SSSR count). The molecule has 3 heterocycles. The Kier molecular flexibility index (Phi) is 4.74. The van der Waals surface area contributed by atoms with Gasteiger partial charge in [-0.1, -0.05) is 0 Å². The number of H-pyrrole nitrogens is 1. The van der Waals surface area contributed by atoms with Crippen molar-refractivity contribution >= 4 is 49.9 Å².